The summed E-state index contributed by atoms with van der Waals surface area (Å²) in [4.78, 5) is 0. The molecule has 0 saturated carbocycles. The van der Waals surface area contributed by atoms with Gasteiger partial charge in [-0.1, -0.05) is 23.3 Å². The van der Waals surface area contributed by atoms with Crippen LogP contribution in [0.3, 0.4) is 0 Å². The van der Waals surface area contributed by atoms with Crippen molar-refractivity contribution < 1.29 is 14.9 Å². The summed E-state index contributed by atoms with van der Waals surface area (Å²) in [5.41, 5.74) is 1.84. The molecule has 3 nitrogen and oxygen atoms in total. The van der Waals surface area contributed by atoms with E-state index in [1.165, 1.54) is 11.1 Å². The van der Waals surface area contributed by atoms with Crippen LogP contribution in [0.4, 0.5) is 0 Å². The fraction of sp³-hybridized carbons (Fsp3) is 0.778. The average Bonchev–Trinajstić information content (AvgIpc) is 2.69. The molecule has 3 atom stereocenters. The first-order valence-electron chi connectivity index (χ1n) is 8.04. The van der Waals surface area contributed by atoms with Crippen molar-refractivity contribution in [3.63, 3.8) is 0 Å². The van der Waals surface area contributed by atoms with Crippen LogP contribution >= 0.6 is 0 Å². The van der Waals surface area contributed by atoms with E-state index in [0.717, 1.165) is 19.3 Å². The number of rotatable bonds is 7. The molecule has 0 aromatic rings. The Balaban J connectivity index is 2.38. The Morgan fingerprint density at radius 1 is 1.29 bits per heavy atom. The topological polar surface area (TPSA) is 49.7 Å². The van der Waals surface area contributed by atoms with Crippen LogP contribution in [0, 0.1) is 0 Å². The van der Waals surface area contributed by atoms with Crippen molar-refractivity contribution in [3.8, 4) is 0 Å². The molecule has 3 heteroatoms. The summed E-state index contributed by atoms with van der Waals surface area (Å²) in [7, 11) is 0. The highest BCUT2D eigenvalue weighted by molar-refractivity contribution is 5.03. The molecule has 0 radical (unpaired) electrons. The first-order valence-corrected chi connectivity index (χ1v) is 8.04. The second-order valence-electron chi connectivity index (χ2n) is 7.09. The Kier molecular flexibility index (Phi) is 6.64. The highest BCUT2D eigenvalue weighted by atomic mass is 16.6. The molecule has 1 fully saturated rings. The molecule has 21 heavy (non-hydrogen) atoms. The summed E-state index contributed by atoms with van der Waals surface area (Å²) in [5.74, 6) is -1.08. The summed E-state index contributed by atoms with van der Waals surface area (Å²) in [5, 5.41) is 20.4. The lowest BCUT2D eigenvalue weighted by molar-refractivity contribution is -0.213. The van der Waals surface area contributed by atoms with E-state index in [1.807, 2.05) is 6.92 Å². The van der Waals surface area contributed by atoms with Gasteiger partial charge >= 0.3 is 0 Å². The zero-order chi connectivity index (χ0) is 16.1. The zero-order valence-corrected chi connectivity index (χ0v) is 14.3. The average molecular weight is 296 g/mol. The number of allylic oxidation sites excluding steroid dienone is 4. The van der Waals surface area contributed by atoms with E-state index in [-0.39, 0.29) is 6.10 Å². The second-order valence-corrected chi connectivity index (χ2v) is 7.09. The summed E-state index contributed by atoms with van der Waals surface area (Å²) >= 11 is 0. The molecule has 2 N–H and O–H groups in total. The molecule has 0 aromatic carbocycles. The second kappa shape index (κ2) is 7.57. The quantitative estimate of drug-likeness (QED) is 0.695. The number of aliphatic hydroxyl groups is 2. The van der Waals surface area contributed by atoms with Crippen molar-refractivity contribution in [1.82, 2.24) is 0 Å². The van der Waals surface area contributed by atoms with Gasteiger partial charge < -0.3 is 14.9 Å². The molecule has 1 heterocycles. The van der Waals surface area contributed by atoms with Gasteiger partial charge in [-0.25, -0.2) is 0 Å². The van der Waals surface area contributed by atoms with Gasteiger partial charge in [-0.05, 0) is 66.7 Å². The highest BCUT2D eigenvalue weighted by Gasteiger charge is 2.42. The first kappa shape index (κ1) is 18.4. The van der Waals surface area contributed by atoms with Gasteiger partial charge in [0.2, 0.25) is 0 Å². The van der Waals surface area contributed by atoms with Crippen LogP contribution in [-0.2, 0) is 4.74 Å². The molecule has 3 unspecified atom stereocenters. The molecular weight excluding hydrogens is 264 g/mol. The molecular formula is C18H32O3. The van der Waals surface area contributed by atoms with E-state index in [1.54, 1.807) is 6.92 Å². The summed E-state index contributed by atoms with van der Waals surface area (Å²) in [6, 6.07) is 0. The predicted molar refractivity (Wildman–Crippen MR) is 87.0 cm³/mol. The normalized spacial score (nSPS) is 29.3. The molecule has 1 saturated heterocycles. The van der Waals surface area contributed by atoms with Gasteiger partial charge in [-0.15, -0.1) is 0 Å². The van der Waals surface area contributed by atoms with Crippen molar-refractivity contribution in [3.05, 3.63) is 23.3 Å². The number of ether oxygens (including phenoxy) is 1. The van der Waals surface area contributed by atoms with Crippen molar-refractivity contribution >= 4 is 0 Å². The molecule has 1 aliphatic rings. The summed E-state index contributed by atoms with van der Waals surface area (Å²) in [6.45, 7) is 9.85. The van der Waals surface area contributed by atoms with Gasteiger partial charge in [0.15, 0.2) is 5.79 Å². The van der Waals surface area contributed by atoms with Crippen molar-refractivity contribution in [1.29, 1.82) is 0 Å². The lowest BCUT2D eigenvalue weighted by Crippen LogP contribution is -2.40. The fourth-order valence-corrected chi connectivity index (χ4v) is 2.72. The Labute approximate surface area is 129 Å². The minimum Gasteiger partial charge on any atom is -0.387 e. The van der Waals surface area contributed by atoms with Crippen molar-refractivity contribution in [2.45, 2.75) is 90.6 Å². The maximum absolute atomic E-state index is 10.5. The van der Waals surface area contributed by atoms with Gasteiger partial charge in [-0.3, -0.25) is 0 Å². The van der Waals surface area contributed by atoms with Gasteiger partial charge in [0.1, 0.15) is 0 Å². The van der Waals surface area contributed by atoms with Crippen LogP contribution < -0.4 is 0 Å². The SMILES string of the molecule is CC(C)=CCCC(C)=CCCC(C)(O)C1CCC(C)(O)O1. The Bertz CT molecular complexity index is 387. The Morgan fingerprint density at radius 3 is 2.48 bits per heavy atom. The Hall–Kier alpha value is -0.640. The third-order valence-electron chi connectivity index (χ3n) is 4.19. The largest absolute Gasteiger partial charge is 0.387 e. The molecule has 122 valence electrons. The molecule has 0 aromatic heterocycles. The molecule has 0 spiro atoms. The van der Waals surface area contributed by atoms with E-state index < -0.39 is 11.4 Å². The van der Waals surface area contributed by atoms with E-state index in [4.69, 9.17) is 4.74 Å². The highest BCUT2D eigenvalue weighted by Crippen LogP contribution is 2.35. The molecule has 0 amide bonds. The lowest BCUT2D eigenvalue weighted by atomic mass is 9.91. The molecule has 1 rings (SSSR count). The maximum Gasteiger partial charge on any atom is 0.163 e. The minimum absolute atomic E-state index is 0.271. The molecule has 0 aliphatic carbocycles. The summed E-state index contributed by atoms with van der Waals surface area (Å²) < 4.78 is 5.54. The number of hydrogen-bond acceptors (Lipinski definition) is 3. The van der Waals surface area contributed by atoms with Gasteiger partial charge in [0.25, 0.3) is 0 Å². The van der Waals surface area contributed by atoms with E-state index in [9.17, 15) is 10.2 Å². The third kappa shape index (κ3) is 6.77. The van der Waals surface area contributed by atoms with Crippen LogP contribution in [0.15, 0.2) is 23.3 Å². The van der Waals surface area contributed by atoms with Crippen LogP contribution in [0.25, 0.3) is 0 Å². The minimum atomic E-state index is -1.08. The van der Waals surface area contributed by atoms with Crippen molar-refractivity contribution in [2.24, 2.45) is 0 Å². The Morgan fingerprint density at radius 2 is 1.95 bits per heavy atom. The van der Waals surface area contributed by atoms with Gasteiger partial charge in [0, 0.05) is 6.42 Å². The van der Waals surface area contributed by atoms with E-state index >= 15 is 0 Å². The first-order chi connectivity index (χ1) is 9.62. The monoisotopic (exact) mass is 296 g/mol. The van der Waals surface area contributed by atoms with Crippen LogP contribution in [-0.4, -0.2) is 27.7 Å². The molecule has 1 aliphatic heterocycles. The standard InChI is InChI=1S/C18H32O3/c1-14(2)8-6-9-15(3)10-7-12-17(4,19)16-11-13-18(5,20)21-16/h8,10,16,19-20H,6-7,9,11-13H2,1-5H3. The summed E-state index contributed by atoms with van der Waals surface area (Å²) in [6.07, 6.45) is 9.14. The predicted octanol–water partition coefficient (Wildman–Crippen LogP) is 4.10. The van der Waals surface area contributed by atoms with Crippen molar-refractivity contribution in [2.75, 3.05) is 0 Å². The van der Waals surface area contributed by atoms with Gasteiger partial charge in [-0.2, -0.15) is 0 Å². The lowest BCUT2D eigenvalue weighted by Gasteiger charge is -2.30. The van der Waals surface area contributed by atoms with Crippen LogP contribution in [0.2, 0.25) is 0 Å². The van der Waals surface area contributed by atoms with Crippen LogP contribution in [0.1, 0.15) is 73.1 Å². The van der Waals surface area contributed by atoms with Crippen LogP contribution in [0.5, 0.6) is 0 Å². The third-order valence-corrected chi connectivity index (χ3v) is 4.19. The van der Waals surface area contributed by atoms with E-state index in [0.29, 0.717) is 19.3 Å². The maximum atomic E-state index is 10.5. The fourth-order valence-electron chi connectivity index (χ4n) is 2.72. The molecule has 0 bridgehead atoms. The van der Waals surface area contributed by atoms with Gasteiger partial charge in [0.05, 0.1) is 11.7 Å². The smallest absolute Gasteiger partial charge is 0.163 e. The van der Waals surface area contributed by atoms with E-state index in [2.05, 4.69) is 32.9 Å². The zero-order valence-electron chi connectivity index (χ0n) is 14.3. The number of hydrogen-bond donors (Lipinski definition) is 2.